The fourth-order valence-electron chi connectivity index (χ4n) is 2.69. The van der Waals surface area contributed by atoms with E-state index < -0.39 is 11.8 Å². The number of nitrogens with zero attached hydrogens (tertiary/aromatic N) is 5. The normalized spacial score (nSPS) is 10.8. The topological polar surface area (TPSA) is 106 Å². The number of carboxylic acids is 1. The van der Waals surface area contributed by atoms with Crippen molar-refractivity contribution in [1.82, 2.24) is 24.5 Å². The first-order chi connectivity index (χ1) is 14.8. The first-order valence-electron chi connectivity index (χ1n) is 8.50. The van der Waals surface area contributed by atoms with Crippen LogP contribution in [-0.4, -0.2) is 35.6 Å². The van der Waals surface area contributed by atoms with Gasteiger partial charge in [-0.2, -0.15) is 4.98 Å². The number of rotatable bonds is 5. The summed E-state index contributed by atoms with van der Waals surface area (Å²) in [5.41, 5.74) is 1.30. The number of anilines is 2. The molecule has 2 N–H and O–H groups in total. The van der Waals surface area contributed by atoms with E-state index in [2.05, 4.69) is 25.3 Å². The lowest BCUT2D eigenvalue weighted by Gasteiger charge is -2.13. The minimum atomic E-state index is -1.13. The zero-order valence-corrected chi connectivity index (χ0v) is 17.5. The van der Waals surface area contributed by atoms with Gasteiger partial charge in [-0.25, -0.2) is 19.2 Å². The van der Waals surface area contributed by atoms with Crippen LogP contribution in [0.15, 0.2) is 49.2 Å². The van der Waals surface area contributed by atoms with Gasteiger partial charge in [-0.05, 0) is 24.3 Å². The van der Waals surface area contributed by atoms with E-state index in [1.54, 1.807) is 0 Å². The molecular weight excluding hydrogens is 470 g/mol. The number of carbonyl (C=O) groups is 1. The van der Waals surface area contributed by atoms with E-state index in [0.29, 0.717) is 16.8 Å². The largest absolute Gasteiger partial charge is 0.478 e. The maximum Gasteiger partial charge on any atom is 0.337 e. The monoisotopic (exact) mass is 478 g/mol. The number of hydrogen-bond donors (Lipinski definition) is 2. The molecule has 0 aliphatic heterocycles. The Morgan fingerprint density at radius 1 is 1.10 bits per heavy atom. The Labute approximate surface area is 189 Å². The molecule has 0 aliphatic rings. The number of carboxylic acid groups (broad SMARTS) is 1. The third-order valence-electron chi connectivity index (χ3n) is 4.14. The number of pyridine rings is 1. The van der Waals surface area contributed by atoms with Gasteiger partial charge >= 0.3 is 5.97 Å². The van der Waals surface area contributed by atoms with Gasteiger partial charge in [0.25, 0.3) is 0 Å². The molecule has 0 spiro atoms. The average Bonchev–Trinajstić information content (AvgIpc) is 3.09. The summed E-state index contributed by atoms with van der Waals surface area (Å²) in [6.45, 7) is 0. The molecule has 156 valence electrons. The second-order valence-corrected chi connectivity index (χ2v) is 7.27. The lowest BCUT2D eigenvalue weighted by molar-refractivity contribution is 0.0696. The van der Waals surface area contributed by atoms with Crippen molar-refractivity contribution in [3.05, 3.63) is 75.9 Å². The number of imidazole rings is 1. The molecule has 0 radical (unpaired) electrons. The summed E-state index contributed by atoms with van der Waals surface area (Å²) in [4.78, 5) is 28.0. The van der Waals surface area contributed by atoms with Crippen LogP contribution in [0.2, 0.25) is 15.3 Å². The molecule has 3 heterocycles. The van der Waals surface area contributed by atoms with Crippen LogP contribution >= 0.6 is 34.8 Å². The Bertz CT molecular complexity index is 1310. The standard InChI is InChI=1S/C19H10Cl3FN6O2/c20-13-4-11(1-2-14(13)23)27-19-25-7-12(9-3-10(18(30)31)6-24-5-9)17(28-19)29-8-26-15(21)16(29)22/h1-8H,(H,30,31)(H,25,27,28). The van der Waals surface area contributed by atoms with E-state index in [0.717, 1.165) is 0 Å². The third kappa shape index (κ3) is 4.29. The molecule has 0 saturated carbocycles. The summed E-state index contributed by atoms with van der Waals surface area (Å²) >= 11 is 18.1. The SMILES string of the molecule is O=C(O)c1cncc(-c2cnc(Nc3ccc(F)c(Cl)c3)nc2-n2cnc(Cl)c2Cl)c1. The lowest BCUT2D eigenvalue weighted by Crippen LogP contribution is -2.06. The Balaban J connectivity index is 1.83. The molecule has 0 fully saturated rings. The van der Waals surface area contributed by atoms with E-state index in [4.69, 9.17) is 34.8 Å². The summed E-state index contributed by atoms with van der Waals surface area (Å²) in [7, 11) is 0. The minimum Gasteiger partial charge on any atom is -0.478 e. The fraction of sp³-hybridized carbons (Fsp3) is 0. The van der Waals surface area contributed by atoms with Crippen molar-refractivity contribution >= 4 is 52.4 Å². The Morgan fingerprint density at radius 2 is 1.90 bits per heavy atom. The van der Waals surface area contributed by atoms with Crippen LogP contribution in [0.4, 0.5) is 16.0 Å². The van der Waals surface area contributed by atoms with Crippen molar-refractivity contribution in [2.45, 2.75) is 0 Å². The highest BCUT2D eigenvalue weighted by molar-refractivity contribution is 6.40. The quantitative estimate of drug-likeness (QED) is 0.402. The van der Waals surface area contributed by atoms with Gasteiger partial charge in [0.15, 0.2) is 16.1 Å². The lowest BCUT2D eigenvalue weighted by atomic mass is 10.1. The highest BCUT2D eigenvalue weighted by Crippen LogP contribution is 2.31. The molecule has 4 rings (SSSR count). The van der Waals surface area contributed by atoms with Crippen molar-refractivity contribution in [2.24, 2.45) is 0 Å². The molecule has 0 unspecified atom stereocenters. The van der Waals surface area contributed by atoms with Gasteiger partial charge in [0, 0.05) is 35.4 Å². The van der Waals surface area contributed by atoms with E-state index >= 15 is 0 Å². The van der Waals surface area contributed by atoms with Crippen molar-refractivity contribution in [2.75, 3.05) is 5.32 Å². The maximum absolute atomic E-state index is 13.4. The molecule has 3 aromatic heterocycles. The van der Waals surface area contributed by atoms with Crippen LogP contribution in [0.25, 0.3) is 16.9 Å². The number of hydrogen-bond acceptors (Lipinski definition) is 6. The Morgan fingerprint density at radius 3 is 2.58 bits per heavy atom. The molecule has 4 aromatic rings. The van der Waals surface area contributed by atoms with Gasteiger partial charge in [-0.3, -0.25) is 9.55 Å². The van der Waals surface area contributed by atoms with Crippen LogP contribution in [0.3, 0.4) is 0 Å². The van der Waals surface area contributed by atoms with Crippen molar-refractivity contribution < 1.29 is 14.3 Å². The van der Waals surface area contributed by atoms with Gasteiger partial charge in [0.1, 0.15) is 12.1 Å². The van der Waals surface area contributed by atoms with E-state index in [1.807, 2.05) is 0 Å². The molecule has 1 aromatic carbocycles. The molecule has 0 saturated heterocycles. The van der Waals surface area contributed by atoms with Gasteiger partial charge in [0.05, 0.1) is 10.6 Å². The van der Waals surface area contributed by atoms with Gasteiger partial charge in [-0.15, -0.1) is 0 Å². The van der Waals surface area contributed by atoms with Gasteiger partial charge in [-0.1, -0.05) is 34.8 Å². The average molecular weight is 480 g/mol. The smallest absolute Gasteiger partial charge is 0.337 e. The van der Waals surface area contributed by atoms with Crippen molar-refractivity contribution in [3.63, 3.8) is 0 Å². The number of benzene rings is 1. The second-order valence-electron chi connectivity index (χ2n) is 6.15. The molecule has 31 heavy (non-hydrogen) atoms. The van der Waals surface area contributed by atoms with Crippen molar-refractivity contribution in [3.8, 4) is 16.9 Å². The maximum atomic E-state index is 13.4. The highest BCUT2D eigenvalue weighted by Gasteiger charge is 2.18. The van der Waals surface area contributed by atoms with Crippen LogP contribution in [0, 0.1) is 5.82 Å². The molecule has 0 amide bonds. The molecular formula is C19H10Cl3FN6O2. The number of nitrogens with one attached hydrogen (secondary N) is 1. The van der Waals surface area contributed by atoms with E-state index in [1.165, 1.54) is 53.8 Å². The van der Waals surface area contributed by atoms with Crippen LogP contribution in [0.1, 0.15) is 10.4 Å². The number of aromatic nitrogens is 5. The molecule has 0 atom stereocenters. The first kappa shape index (κ1) is 21.0. The van der Waals surface area contributed by atoms with Crippen LogP contribution < -0.4 is 5.32 Å². The molecule has 0 bridgehead atoms. The number of aromatic carboxylic acids is 1. The Hall–Kier alpha value is -3.27. The summed E-state index contributed by atoms with van der Waals surface area (Å²) in [5.74, 6) is -1.29. The van der Waals surface area contributed by atoms with Gasteiger partial charge in [0.2, 0.25) is 5.95 Å². The third-order valence-corrected chi connectivity index (χ3v) is 5.16. The zero-order valence-electron chi connectivity index (χ0n) is 15.2. The van der Waals surface area contributed by atoms with E-state index in [-0.39, 0.29) is 32.7 Å². The summed E-state index contributed by atoms with van der Waals surface area (Å²) in [5, 5.41) is 12.3. The molecule has 12 heteroatoms. The first-order valence-corrected chi connectivity index (χ1v) is 9.63. The summed E-state index contributed by atoms with van der Waals surface area (Å²) in [6, 6.07) is 5.49. The van der Waals surface area contributed by atoms with E-state index in [9.17, 15) is 14.3 Å². The van der Waals surface area contributed by atoms with Crippen LogP contribution in [-0.2, 0) is 0 Å². The molecule has 0 aliphatic carbocycles. The second kappa shape index (κ2) is 8.46. The molecule has 8 nitrogen and oxygen atoms in total. The predicted octanol–water partition coefficient (Wildman–Crippen LogP) is 5.27. The minimum absolute atomic E-state index is 0.0126. The summed E-state index contributed by atoms with van der Waals surface area (Å²) in [6.07, 6.45) is 5.52. The highest BCUT2D eigenvalue weighted by atomic mass is 35.5. The predicted molar refractivity (Wildman–Crippen MR) is 114 cm³/mol. The van der Waals surface area contributed by atoms with Crippen molar-refractivity contribution in [1.29, 1.82) is 0 Å². The van der Waals surface area contributed by atoms with Crippen LogP contribution in [0.5, 0.6) is 0 Å². The zero-order chi connectivity index (χ0) is 22.1. The summed E-state index contributed by atoms with van der Waals surface area (Å²) < 4.78 is 14.8. The number of halogens is 4. The fourth-order valence-corrected chi connectivity index (χ4v) is 3.17. The van der Waals surface area contributed by atoms with Gasteiger partial charge < -0.3 is 10.4 Å². The Kier molecular flexibility index (Phi) is 5.73.